The van der Waals surface area contributed by atoms with E-state index in [0.717, 1.165) is 19.3 Å². The summed E-state index contributed by atoms with van der Waals surface area (Å²) < 4.78 is 26.0. The Bertz CT molecular complexity index is 1480. The van der Waals surface area contributed by atoms with Crippen molar-refractivity contribution in [1.82, 2.24) is 20.4 Å². The molecule has 5 rings (SSSR count). The number of fused-ring (bicyclic) bond motifs is 3. The summed E-state index contributed by atoms with van der Waals surface area (Å²) in [6.45, 7) is 7.31. The zero-order valence-corrected chi connectivity index (χ0v) is 28.8. The first-order valence-corrected chi connectivity index (χ1v) is 17.5. The largest absolute Gasteiger partial charge is 0.479 e. The number of hydrogen-bond acceptors (Lipinski definition) is 7. The van der Waals surface area contributed by atoms with Crippen molar-refractivity contribution in [3.05, 3.63) is 47.3 Å². The molecule has 0 aromatic heterocycles. The van der Waals surface area contributed by atoms with Gasteiger partial charge < -0.3 is 30.1 Å². The molecular formula is C36H49FN4O8. The van der Waals surface area contributed by atoms with E-state index in [9.17, 15) is 33.5 Å². The molecule has 1 aromatic carbocycles. The van der Waals surface area contributed by atoms with Crippen molar-refractivity contribution in [2.24, 2.45) is 5.92 Å². The second-order valence-electron chi connectivity index (χ2n) is 14.7. The molecule has 0 unspecified atom stereocenters. The summed E-state index contributed by atoms with van der Waals surface area (Å²) in [6, 6.07) is 1.73. The number of nitrogens with one attached hydrogen (secondary N) is 2. The van der Waals surface area contributed by atoms with Crippen molar-refractivity contribution in [2.75, 3.05) is 0 Å². The molecule has 1 aromatic rings. The van der Waals surface area contributed by atoms with Crippen LogP contribution in [0.3, 0.4) is 0 Å². The molecule has 4 aliphatic rings. The SMILES string of the molecule is CCCC[C@H]1[C@H](OC(=O)N2Cc3cccc(F)c3C2)C[C@H]2C(=O)N[C@]3(C(=O)O)C[C@H]3/C=C\CCCCC[C@H](NC(=O)OC(C)(C)C)C(=O)N21. The fraction of sp³-hybridized carbons (Fsp3) is 0.639. The lowest BCUT2D eigenvalue weighted by Gasteiger charge is -2.35. The minimum Gasteiger partial charge on any atom is -0.479 e. The predicted octanol–water partition coefficient (Wildman–Crippen LogP) is 5.18. The van der Waals surface area contributed by atoms with E-state index in [1.54, 1.807) is 32.9 Å². The first-order valence-electron chi connectivity index (χ1n) is 17.5. The summed E-state index contributed by atoms with van der Waals surface area (Å²) in [5, 5.41) is 15.7. The molecule has 13 heteroatoms. The summed E-state index contributed by atoms with van der Waals surface area (Å²) in [5.41, 5.74) is -1.23. The van der Waals surface area contributed by atoms with Crippen molar-refractivity contribution >= 4 is 30.0 Å². The Morgan fingerprint density at radius 1 is 1.14 bits per heavy atom. The van der Waals surface area contributed by atoms with E-state index in [0.29, 0.717) is 36.8 Å². The molecule has 2 fully saturated rings. The van der Waals surface area contributed by atoms with Crippen LogP contribution in [0, 0.1) is 11.7 Å². The minimum atomic E-state index is -1.50. The highest BCUT2D eigenvalue weighted by Gasteiger charge is 2.62. The summed E-state index contributed by atoms with van der Waals surface area (Å²) in [6.07, 6.45) is 6.52. The molecule has 1 saturated carbocycles. The fourth-order valence-electron chi connectivity index (χ4n) is 7.23. The highest BCUT2D eigenvalue weighted by Crippen LogP contribution is 2.46. The first kappa shape index (κ1) is 36.1. The van der Waals surface area contributed by atoms with Crippen molar-refractivity contribution < 1.29 is 42.9 Å². The van der Waals surface area contributed by atoms with E-state index < -0.39 is 77.1 Å². The van der Waals surface area contributed by atoms with E-state index in [1.807, 2.05) is 19.1 Å². The van der Waals surface area contributed by atoms with Gasteiger partial charge in [-0.05, 0) is 64.5 Å². The molecule has 0 spiro atoms. The Morgan fingerprint density at radius 3 is 2.61 bits per heavy atom. The van der Waals surface area contributed by atoms with Crippen LogP contribution in [0.15, 0.2) is 30.4 Å². The molecule has 0 radical (unpaired) electrons. The van der Waals surface area contributed by atoms with E-state index in [-0.39, 0.29) is 32.4 Å². The number of hydrogen-bond donors (Lipinski definition) is 3. The van der Waals surface area contributed by atoms with Gasteiger partial charge in [0.2, 0.25) is 11.8 Å². The van der Waals surface area contributed by atoms with Gasteiger partial charge in [0.05, 0.1) is 12.6 Å². The van der Waals surface area contributed by atoms with Crippen LogP contribution in [0.2, 0.25) is 0 Å². The Morgan fingerprint density at radius 2 is 1.92 bits per heavy atom. The highest BCUT2D eigenvalue weighted by molar-refractivity contribution is 5.96. The molecule has 3 heterocycles. The normalized spacial score (nSPS) is 29.4. The van der Waals surface area contributed by atoms with Gasteiger partial charge in [0, 0.05) is 24.4 Å². The van der Waals surface area contributed by atoms with Gasteiger partial charge in [-0.1, -0.05) is 56.9 Å². The van der Waals surface area contributed by atoms with Gasteiger partial charge >= 0.3 is 18.2 Å². The monoisotopic (exact) mass is 684 g/mol. The average molecular weight is 685 g/mol. The third kappa shape index (κ3) is 8.18. The number of carbonyl (C=O) groups is 5. The lowest BCUT2D eigenvalue weighted by molar-refractivity contribution is -0.146. The number of aliphatic carboxylic acids is 1. The summed E-state index contributed by atoms with van der Waals surface area (Å²) in [5.74, 6) is -3.15. The smallest absolute Gasteiger partial charge is 0.410 e. The number of rotatable bonds is 6. The number of halogens is 1. The molecule has 268 valence electrons. The maximum absolute atomic E-state index is 14.6. The summed E-state index contributed by atoms with van der Waals surface area (Å²) >= 11 is 0. The van der Waals surface area contributed by atoms with Crippen LogP contribution in [-0.2, 0) is 36.9 Å². The van der Waals surface area contributed by atoms with Crippen LogP contribution in [0.1, 0.15) is 103 Å². The summed E-state index contributed by atoms with van der Waals surface area (Å²) in [7, 11) is 0. The van der Waals surface area contributed by atoms with E-state index in [4.69, 9.17) is 9.47 Å². The van der Waals surface area contributed by atoms with Crippen molar-refractivity contribution in [3.63, 3.8) is 0 Å². The molecule has 0 bridgehead atoms. The van der Waals surface area contributed by atoms with Gasteiger partial charge in [-0.15, -0.1) is 0 Å². The quantitative estimate of drug-likeness (QED) is 0.347. The van der Waals surface area contributed by atoms with Crippen LogP contribution in [0.25, 0.3) is 0 Å². The number of alkyl carbamates (subject to hydrolysis) is 1. The van der Waals surface area contributed by atoms with Crippen molar-refractivity contribution in [3.8, 4) is 0 Å². The number of carboxylic acids is 1. The Labute approximate surface area is 286 Å². The molecular weight excluding hydrogens is 635 g/mol. The van der Waals surface area contributed by atoms with Gasteiger partial charge in [0.25, 0.3) is 0 Å². The van der Waals surface area contributed by atoms with Gasteiger partial charge in [0.15, 0.2) is 0 Å². The molecule has 1 saturated heterocycles. The topological polar surface area (TPSA) is 155 Å². The Balaban J connectivity index is 1.47. The number of carbonyl (C=O) groups excluding carboxylic acids is 4. The molecule has 6 atom stereocenters. The summed E-state index contributed by atoms with van der Waals surface area (Å²) in [4.78, 5) is 70.6. The second-order valence-corrected chi connectivity index (χ2v) is 14.7. The lowest BCUT2D eigenvalue weighted by Crippen LogP contribution is -2.58. The van der Waals surface area contributed by atoms with Gasteiger partial charge in [0.1, 0.15) is 35.1 Å². The number of amides is 4. The van der Waals surface area contributed by atoms with Crippen LogP contribution >= 0.6 is 0 Å². The number of allylic oxidation sites excluding steroid dienone is 1. The third-order valence-electron chi connectivity index (χ3n) is 9.89. The zero-order chi connectivity index (χ0) is 35.5. The highest BCUT2D eigenvalue weighted by atomic mass is 19.1. The zero-order valence-electron chi connectivity index (χ0n) is 28.8. The van der Waals surface area contributed by atoms with Gasteiger partial charge in [-0.3, -0.25) is 14.5 Å². The fourth-order valence-corrected chi connectivity index (χ4v) is 7.23. The van der Waals surface area contributed by atoms with Gasteiger partial charge in [-0.2, -0.15) is 0 Å². The molecule has 3 N–H and O–H groups in total. The van der Waals surface area contributed by atoms with Gasteiger partial charge in [-0.25, -0.2) is 18.8 Å². The third-order valence-corrected chi connectivity index (χ3v) is 9.89. The first-order chi connectivity index (χ1) is 23.2. The maximum Gasteiger partial charge on any atom is 0.410 e. The average Bonchev–Trinajstić information content (AvgIpc) is 3.35. The van der Waals surface area contributed by atoms with Crippen LogP contribution in [0.4, 0.5) is 14.0 Å². The molecule has 4 amide bonds. The number of unbranched alkanes of at least 4 members (excludes halogenated alkanes) is 1. The molecule has 1 aliphatic carbocycles. The van der Waals surface area contributed by atoms with E-state index in [2.05, 4.69) is 10.6 Å². The molecule has 12 nitrogen and oxygen atoms in total. The maximum atomic E-state index is 14.6. The van der Waals surface area contributed by atoms with E-state index in [1.165, 1.54) is 15.9 Å². The Kier molecular flexibility index (Phi) is 10.9. The molecule has 49 heavy (non-hydrogen) atoms. The number of carboxylic acid groups (broad SMARTS) is 1. The predicted molar refractivity (Wildman–Crippen MR) is 176 cm³/mol. The van der Waals surface area contributed by atoms with E-state index >= 15 is 0 Å². The lowest BCUT2D eigenvalue weighted by atomic mass is 10.0. The number of benzene rings is 1. The second kappa shape index (κ2) is 14.8. The Hall–Kier alpha value is -4.16. The standard InChI is InChI=1S/C36H49FN4O8/c1-5-6-17-27-29(48-34(47)40-20-22-13-12-15-25(37)24(22)21-40)18-28-30(42)39-36(32(44)45)19-23(36)14-10-8-7-9-11-16-26(31(43)41(27)28)38-33(46)49-35(2,3)4/h10,12-15,23,26-29H,5-9,11,16-21H2,1-4H3,(H,38,46)(H,39,42)(H,44,45)/b14-10-/t23-,26+,27+,28+,29-,36-/m1/s1. The van der Waals surface area contributed by atoms with Crippen molar-refractivity contribution in [1.29, 1.82) is 0 Å². The number of nitrogens with zero attached hydrogens (tertiary/aromatic N) is 2. The van der Waals surface area contributed by atoms with Crippen molar-refractivity contribution in [2.45, 2.75) is 140 Å². The van der Waals surface area contributed by atoms with Crippen LogP contribution < -0.4 is 10.6 Å². The number of ether oxygens (including phenoxy) is 2. The van der Waals surface area contributed by atoms with Crippen LogP contribution in [-0.4, -0.2) is 80.2 Å². The molecule has 3 aliphatic heterocycles. The minimum absolute atomic E-state index is 0.0255. The van der Waals surface area contributed by atoms with Crippen LogP contribution in [0.5, 0.6) is 0 Å².